The van der Waals surface area contributed by atoms with Crippen molar-refractivity contribution in [1.82, 2.24) is 10.3 Å². The lowest BCUT2D eigenvalue weighted by Gasteiger charge is -2.44. The minimum absolute atomic E-state index is 0.0595. The number of aryl methyl sites for hydroxylation is 1. The third-order valence-electron chi connectivity index (χ3n) is 4.38. The Balaban J connectivity index is 2.22. The number of nitrogens with zero attached hydrogens (tertiary/aromatic N) is 1. The molecule has 1 aromatic heterocycles. The molecule has 1 N–H and O–H groups in total. The molecule has 0 radical (unpaired) electrons. The standard InChI is InChI=1S/C15H26N2OS/c1-11-5-6-15(12(2)9-11,16-7-8-18-4)14-17-13(3)10-19-14/h10-12,16H,5-9H2,1-4H3. The molecule has 0 spiro atoms. The molecule has 1 aliphatic rings. The van der Waals surface area contributed by atoms with E-state index >= 15 is 0 Å². The SMILES string of the molecule is COCCNC1(c2nc(C)cs2)CCC(C)CC1C. The van der Waals surface area contributed by atoms with Crippen LogP contribution in [0.1, 0.15) is 43.8 Å². The van der Waals surface area contributed by atoms with Crippen LogP contribution in [0.25, 0.3) is 0 Å². The number of hydrogen-bond donors (Lipinski definition) is 1. The fourth-order valence-corrected chi connectivity index (χ4v) is 4.35. The second kappa shape index (κ2) is 6.33. The van der Waals surface area contributed by atoms with Gasteiger partial charge in [-0.1, -0.05) is 13.8 Å². The molecule has 0 amide bonds. The lowest BCUT2D eigenvalue weighted by Crippen LogP contribution is -2.51. The van der Waals surface area contributed by atoms with Gasteiger partial charge < -0.3 is 10.1 Å². The number of rotatable bonds is 5. The summed E-state index contributed by atoms with van der Waals surface area (Å²) in [6, 6.07) is 0. The van der Waals surface area contributed by atoms with E-state index in [1.807, 2.05) is 0 Å². The van der Waals surface area contributed by atoms with E-state index in [1.54, 1.807) is 18.4 Å². The van der Waals surface area contributed by atoms with E-state index in [0.717, 1.165) is 24.8 Å². The van der Waals surface area contributed by atoms with E-state index in [2.05, 4.69) is 31.5 Å². The molecule has 4 heteroatoms. The topological polar surface area (TPSA) is 34.1 Å². The van der Waals surface area contributed by atoms with Gasteiger partial charge in [0.1, 0.15) is 5.01 Å². The van der Waals surface area contributed by atoms with Crippen LogP contribution in [0.15, 0.2) is 5.38 Å². The first kappa shape index (κ1) is 14.9. The summed E-state index contributed by atoms with van der Waals surface area (Å²) in [6.45, 7) is 8.47. The molecular weight excluding hydrogens is 256 g/mol. The molecule has 19 heavy (non-hydrogen) atoms. The van der Waals surface area contributed by atoms with Crippen molar-refractivity contribution in [2.75, 3.05) is 20.3 Å². The van der Waals surface area contributed by atoms with Gasteiger partial charge in [0.25, 0.3) is 0 Å². The highest BCUT2D eigenvalue weighted by molar-refractivity contribution is 7.09. The maximum Gasteiger partial charge on any atom is 0.113 e. The lowest BCUT2D eigenvalue weighted by atomic mass is 9.70. The van der Waals surface area contributed by atoms with E-state index in [4.69, 9.17) is 9.72 Å². The first-order valence-corrected chi connectivity index (χ1v) is 8.13. The third kappa shape index (κ3) is 3.18. The van der Waals surface area contributed by atoms with Gasteiger partial charge in [0.15, 0.2) is 0 Å². The fraction of sp³-hybridized carbons (Fsp3) is 0.800. The largest absolute Gasteiger partial charge is 0.383 e. The molecule has 0 aliphatic heterocycles. The van der Waals surface area contributed by atoms with Gasteiger partial charge in [-0.05, 0) is 38.0 Å². The predicted octanol–water partition coefficient (Wildman–Crippen LogP) is 3.34. The monoisotopic (exact) mass is 282 g/mol. The van der Waals surface area contributed by atoms with Crippen molar-refractivity contribution >= 4 is 11.3 Å². The van der Waals surface area contributed by atoms with Crippen LogP contribution in [0.3, 0.4) is 0 Å². The molecule has 1 aromatic rings. The molecular formula is C15H26N2OS. The van der Waals surface area contributed by atoms with E-state index in [9.17, 15) is 0 Å². The van der Waals surface area contributed by atoms with Crippen molar-refractivity contribution in [3.05, 3.63) is 16.1 Å². The zero-order valence-corrected chi connectivity index (χ0v) is 13.3. The zero-order chi connectivity index (χ0) is 13.9. The Morgan fingerprint density at radius 1 is 1.53 bits per heavy atom. The van der Waals surface area contributed by atoms with Crippen LogP contribution in [-0.4, -0.2) is 25.2 Å². The average Bonchev–Trinajstić information content (AvgIpc) is 2.80. The van der Waals surface area contributed by atoms with Crippen LogP contribution in [0.5, 0.6) is 0 Å². The summed E-state index contributed by atoms with van der Waals surface area (Å²) < 4.78 is 5.20. The smallest absolute Gasteiger partial charge is 0.113 e. The molecule has 1 aliphatic carbocycles. The molecule has 0 aromatic carbocycles. The van der Waals surface area contributed by atoms with Gasteiger partial charge in [-0.15, -0.1) is 11.3 Å². The van der Waals surface area contributed by atoms with Crippen LogP contribution in [-0.2, 0) is 10.3 Å². The minimum atomic E-state index is 0.0595. The van der Waals surface area contributed by atoms with E-state index in [0.29, 0.717) is 5.92 Å². The molecule has 3 atom stereocenters. The highest BCUT2D eigenvalue weighted by Crippen LogP contribution is 2.44. The van der Waals surface area contributed by atoms with Crippen molar-refractivity contribution in [3.63, 3.8) is 0 Å². The quantitative estimate of drug-likeness (QED) is 0.841. The van der Waals surface area contributed by atoms with E-state index in [1.165, 1.54) is 24.3 Å². The number of ether oxygens (including phenoxy) is 1. The highest BCUT2D eigenvalue weighted by Gasteiger charge is 2.43. The average molecular weight is 282 g/mol. The summed E-state index contributed by atoms with van der Waals surface area (Å²) in [4.78, 5) is 4.78. The summed E-state index contributed by atoms with van der Waals surface area (Å²) in [6.07, 6.45) is 3.74. The van der Waals surface area contributed by atoms with E-state index < -0.39 is 0 Å². The van der Waals surface area contributed by atoms with Crippen LogP contribution >= 0.6 is 11.3 Å². The Kier molecular flexibility index (Phi) is 4.98. The first-order chi connectivity index (χ1) is 9.08. The highest BCUT2D eigenvalue weighted by atomic mass is 32.1. The number of aromatic nitrogens is 1. The predicted molar refractivity (Wildman–Crippen MR) is 80.6 cm³/mol. The van der Waals surface area contributed by atoms with Gasteiger partial charge >= 0.3 is 0 Å². The summed E-state index contributed by atoms with van der Waals surface area (Å²) in [5, 5.41) is 7.19. The van der Waals surface area contributed by atoms with Crippen LogP contribution in [0.4, 0.5) is 0 Å². The van der Waals surface area contributed by atoms with Gasteiger partial charge in [-0.2, -0.15) is 0 Å². The maximum atomic E-state index is 5.20. The van der Waals surface area contributed by atoms with Crippen LogP contribution < -0.4 is 5.32 Å². The lowest BCUT2D eigenvalue weighted by molar-refractivity contribution is 0.105. The van der Waals surface area contributed by atoms with Crippen LogP contribution in [0, 0.1) is 18.8 Å². The van der Waals surface area contributed by atoms with Crippen molar-refractivity contribution in [1.29, 1.82) is 0 Å². The number of thiazole rings is 1. The Morgan fingerprint density at radius 3 is 2.89 bits per heavy atom. The molecule has 108 valence electrons. The Bertz CT molecular complexity index is 407. The van der Waals surface area contributed by atoms with E-state index in [-0.39, 0.29) is 5.54 Å². The van der Waals surface area contributed by atoms with Gasteiger partial charge in [0, 0.05) is 24.7 Å². The van der Waals surface area contributed by atoms with Gasteiger partial charge in [0.2, 0.25) is 0 Å². The van der Waals surface area contributed by atoms with Gasteiger partial charge in [-0.25, -0.2) is 4.98 Å². The zero-order valence-electron chi connectivity index (χ0n) is 12.5. The minimum Gasteiger partial charge on any atom is -0.383 e. The maximum absolute atomic E-state index is 5.20. The van der Waals surface area contributed by atoms with Crippen molar-refractivity contribution < 1.29 is 4.74 Å². The first-order valence-electron chi connectivity index (χ1n) is 7.25. The number of methoxy groups -OCH3 is 1. The van der Waals surface area contributed by atoms with Crippen molar-refractivity contribution in [2.24, 2.45) is 11.8 Å². The molecule has 0 bridgehead atoms. The summed E-state index contributed by atoms with van der Waals surface area (Å²) in [5.41, 5.74) is 1.20. The molecule has 3 nitrogen and oxygen atoms in total. The third-order valence-corrected chi connectivity index (χ3v) is 5.51. The fourth-order valence-electron chi connectivity index (χ4n) is 3.23. The van der Waals surface area contributed by atoms with Crippen molar-refractivity contribution in [2.45, 2.75) is 45.6 Å². The number of nitrogens with one attached hydrogen (secondary N) is 1. The Hall–Kier alpha value is -0.450. The van der Waals surface area contributed by atoms with Gasteiger partial charge in [-0.3, -0.25) is 0 Å². The second-order valence-corrected chi connectivity index (χ2v) is 6.82. The molecule has 3 unspecified atom stereocenters. The number of hydrogen-bond acceptors (Lipinski definition) is 4. The Morgan fingerprint density at radius 2 is 2.32 bits per heavy atom. The molecule has 2 rings (SSSR count). The Labute approximate surface area is 120 Å². The molecule has 1 fully saturated rings. The summed E-state index contributed by atoms with van der Waals surface area (Å²) in [5.74, 6) is 1.45. The second-order valence-electron chi connectivity index (χ2n) is 5.97. The van der Waals surface area contributed by atoms with Crippen LogP contribution in [0.2, 0.25) is 0 Å². The van der Waals surface area contributed by atoms with Crippen molar-refractivity contribution in [3.8, 4) is 0 Å². The summed E-state index contributed by atoms with van der Waals surface area (Å²) >= 11 is 1.80. The summed E-state index contributed by atoms with van der Waals surface area (Å²) in [7, 11) is 1.76. The molecule has 0 saturated heterocycles. The normalized spacial score (nSPS) is 31.6. The van der Waals surface area contributed by atoms with Gasteiger partial charge in [0.05, 0.1) is 12.1 Å². The molecule has 1 heterocycles. The molecule has 1 saturated carbocycles.